The van der Waals surface area contributed by atoms with Gasteiger partial charge in [0, 0.05) is 0 Å². The fourth-order valence-corrected chi connectivity index (χ4v) is 5.83. The van der Waals surface area contributed by atoms with Crippen LogP contribution in [0.1, 0.15) is 0 Å². The minimum absolute atomic E-state index is 0.0584. The Hall–Kier alpha value is -0.440. The summed E-state index contributed by atoms with van der Waals surface area (Å²) in [6.07, 6.45) is 7.87. The average molecular weight is 423 g/mol. The molecule has 0 spiro atoms. The Bertz CT molecular complexity index is 470. The Morgan fingerprint density at radius 2 is 2.13 bits per heavy atom. The third-order valence-electron chi connectivity index (χ3n) is 2.17. The van der Waals surface area contributed by atoms with Crippen molar-refractivity contribution < 1.29 is 26.2 Å². The van der Waals surface area contributed by atoms with E-state index < -0.39 is 0 Å². The van der Waals surface area contributed by atoms with Gasteiger partial charge in [-0.2, -0.15) is 0 Å². The number of halogens is 2. The summed E-state index contributed by atoms with van der Waals surface area (Å²) in [5, 5.41) is 0. The van der Waals surface area contributed by atoms with Gasteiger partial charge in [0.25, 0.3) is 0 Å². The molecule has 15 heavy (non-hydrogen) atoms. The number of hydrogen-bond donors (Lipinski definition) is 0. The molecule has 0 atom stereocenters. The predicted molar refractivity (Wildman–Crippen MR) is 60.8 cm³/mol. The van der Waals surface area contributed by atoms with Crippen LogP contribution >= 0.6 is 22.9 Å². The van der Waals surface area contributed by atoms with Crippen LogP contribution in [0.3, 0.4) is 0 Å². The number of aromatic nitrogens is 2. The molecule has 1 aliphatic heterocycles. The third kappa shape index (κ3) is 1.61. The van der Waals surface area contributed by atoms with E-state index >= 15 is 0 Å². The second kappa shape index (κ2) is 3.85. The second-order valence-electron chi connectivity index (χ2n) is 3.08. The molecule has 76 valence electrons. The quantitative estimate of drug-likeness (QED) is 0.395. The van der Waals surface area contributed by atoms with E-state index in [0.29, 0.717) is 0 Å². The van der Waals surface area contributed by atoms with Gasteiger partial charge in [-0.05, 0) is 0 Å². The Balaban J connectivity index is 2.20. The van der Waals surface area contributed by atoms with Crippen molar-refractivity contribution in [2.45, 2.75) is 0 Å². The fourth-order valence-electron chi connectivity index (χ4n) is 1.47. The van der Waals surface area contributed by atoms with Crippen molar-refractivity contribution in [1.29, 1.82) is 0 Å². The molecule has 0 amide bonds. The second-order valence-corrected chi connectivity index (χ2v) is 6.91. The molecule has 0 fully saturated rings. The molecule has 3 nitrogen and oxygen atoms in total. The Kier molecular flexibility index (Phi) is 2.51. The zero-order valence-corrected chi connectivity index (χ0v) is 11.9. The van der Waals surface area contributed by atoms with Gasteiger partial charge in [-0.15, -0.1) is 0 Å². The van der Waals surface area contributed by atoms with Crippen molar-refractivity contribution in [2.24, 2.45) is 0 Å². The summed E-state index contributed by atoms with van der Waals surface area (Å²) >= 11 is 2.27. The van der Waals surface area contributed by atoms with Crippen LogP contribution in [0.25, 0.3) is 0 Å². The van der Waals surface area contributed by atoms with Gasteiger partial charge in [0.15, 0.2) is 0 Å². The average Bonchev–Trinajstić information content (AvgIpc) is 2.30. The Morgan fingerprint density at radius 3 is 3.07 bits per heavy atom. The Labute approximate surface area is 112 Å². The van der Waals surface area contributed by atoms with Gasteiger partial charge in [-0.25, -0.2) is 0 Å². The first-order valence-electron chi connectivity index (χ1n) is 4.41. The van der Waals surface area contributed by atoms with E-state index in [0.717, 1.165) is 0 Å². The van der Waals surface area contributed by atoms with Crippen molar-refractivity contribution >= 4 is 34.2 Å². The first-order valence-corrected chi connectivity index (χ1v) is 7.53. The molecule has 0 unspecified atom stereocenters. The molecule has 0 saturated heterocycles. The summed E-state index contributed by atoms with van der Waals surface area (Å²) < 4.78 is 5.08. The number of hydrogen-bond acceptors (Lipinski definition) is 2. The number of pyridine rings is 2. The van der Waals surface area contributed by atoms with Crippen molar-refractivity contribution in [3.8, 4) is 0 Å². The van der Waals surface area contributed by atoms with Gasteiger partial charge in [0.2, 0.25) is 0 Å². The van der Waals surface area contributed by atoms with Gasteiger partial charge in [0.05, 0.1) is 0 Å². The van der Waals surface area contributed by atoms with Gasteiger partial charge < -0.3 is 0 Å². The van der Waals surface area contributed by atoms with E-state index in [9.17, 15) is 0 Å². The third-order valence-corrected chi connectivity index (χ3v) is 6.19. The molecule has 0 radical (unpaired) electrons. The van der Waals surface area contributed by atoms with Gasteiger partial charge in [0.1, 0.15) is 0 Å². The molecule has 0 saturated carbocycles. The van der Waals surface area contributed by atoms with Crippen molar-refractivity contribution in [1.82, 2.24) is 4.98 Å². The summed E-state index contributed by atoms with van der Waals surface area (Å²) in [5.41, 5.74) is 2.50. The molecule has 2 aromatic rings. The number of nitrogens with one attached hydrogen (secondary N) is 1. The zero-order chi connectivity index (χ0) is 10.3. The fraction of sp³-hybridized carbons (Fsp3) is 0. The van der Waals surface area contributed by atoms with E-state index in [4.69, 9.17) is 0 Å². The predicted octanol–water partition coefficient (Wildman–Crippen LogP) is -1.17. The van der Waals surface area contributed by atoms with Crippen LogP contribution in [0.5, 0.6) is 0 Å². The first kappa shape index (κ1) is 9.76. The van der Waals surface area contributed by atoms with Crippen LogP contribution in [0.15, 0.2) is 36.9 Å². The molecule has 3 rings (SSSR count). The Morgan fingerprint density at radius 1 is 1.27 bits per heavy atom. The van der Waals surface area contributed by atoms with E-state index in [-0.39, 0.29) is 21.2 Å². The SMILES string of the molecule is IN1c2cnccc2[I-]c2cc[nH+]cc21. The van der Waals surface area contributed by atoms with Gasteiger partial charge >= 0.3 is 113 Å². The minimum atomic E-state index is -0.0584. The van der Waals surface area contributed by atoms with Crippen molar-refractivity contribution in [3.05, 3.63) is 44.1 Å². The van der Waals surface area contributed by atoms with Gasteiger partial charge in [-0.1, -0.05) is 0 Å². The van der Waals surface area contributed by atoms with E-state index in [2.05, 4.69) is 54.3 Å². The van der Waals surface area contributed by atoms with Crippen LogP contribution in [0.4, 0.5) is 11.4 Å². The summed E-state index contributed by atoms with van der Waals surface area (Å²) in [4.78, 5) is 7.31. The molecule has 1 aliphatic rings. The number of anilines is 2. The molecule has 1 N–H and O–H groups in total. The van der Waals surface area contributed by atoms with Crippen molar-refractivity contribution in [2.75, 3.05) is 3.11 Å². The van der Waals surface area contributed by atoms with E-state index in [1.165, 1.54) is 18.5 Å². The van der Waals surface area contributed by atoms with Crippen LogP contribution < -0.4 is 29.3 Å². The molecule has 2 aromatic heterocycles. The molecule has 0 aliphatic carbocycles. The molecular formula is C10H7I2N3. The molecular weight excluding hydrogens is 416 g/mol. The topological polar surface area (TPSA) is 30.3 Å². The van der Waals surface area contributed by atoms with Crippen LogP contribution in [0.2, 0.25) is 0 Å². The number of fused-ring (bicyclic) bond motifs is 2. The number of aromatic amines is 1. The van der Waals surface area contributed by atoms with Crippen LogP contribution in [-0.2, 0) is 0 Å². The normalized spacial score (nSPS) is 13.8. The molecule has 5 heteroatoms. The van der Waals surface area contributed by atoms with E-state index in [1.807, 2.05) is 18.6 Å². The maximum absolute atomic E-state index is 4.18. The van der Waals surface area contributed by atoms with Gasteiger partial charge in [-0.3, -0.25) is 0 Å². The maximum atomic E-state index is 4.18. The number of H-pyrrole nitrogens is 1. The van der Waals surface area contributed by atoms with E-state index in [1.54, 1.807) is 0 Å². The zero-order valence-electron chi connectivity index (χ0n) is 7.61. The van der Waals surface area contributed by atoms with Crippen molar-refractivity contribution in [3.63, 3.8) is 0 Å². The molecule has 0 aromatic carbocycles. The standard InChI is InChI=1S/C10H6I2N3/c11-15-9-5-13-3-1-7(9)12-8-2-4-14-6-10(8)15/h1-6H/q-1/p+1. The number of rotatable bonds is 0. The summed E-state index contributed by atoms with van der Waals surface area (Å²) in [6.45, 7) is 0. The first-order chi connectivity index (χ1) is 7.36. The summed E-state index contributed by atoms with van der Waals surface area (Å²) in [7, 11) is 0. The summed E-state index contributed by atoms with van der Waals surface area (Å²) in [6, 6.07) is 4.31. The monoisotopic (exact) mass is 423 g/mol. The summed E-state index contributed by atoms with van der Waals surface area (Å²) in [5.74, 6) is 0. The molecule has 3 heterocycles. The van der Waals surface area contributed by atoms with Crippen LogP contribution in [-0.4, -0.2) is 4.98 Å². The molecule has 0 bridgehead atoms. The van der Waals surface area contributed by atoms with Crippen LogP contribution in [0, 0.1) is 7.14 Å². The number of nitrogens with zero attached hydrogens (tertiary/aromatic N) is 2.